The lowest BCUT2D eigenvalue weighted by Crippen LogP contribution is -2.33. The standard InChI is InChI=1S/C26H37BrN8O5SSi/c1-26(2,3)40-25(36)28-11-10-17-8-7-9-19-21(17)34(16-39-12-13-42(5)6)20(31-19)15-29-23-33-24(41(4,37)38)32-22-18(27)14-30-35(22)23/h7-9,14,42H,10-13,15-16H2,1-6H3,(H,28,36)(H,29,32,33). The summed E-state index contributed by atoms with van der Waals surface area (Å²) in [5.74, 6) is 0.872. The van der Waals surface area contributed by atoms with E-state index in [0.29, 0.717) is 35.5 Å². The molecule has 0 spiro atoms. The van der Waals surface area contributed by atoms with Crippen LogP contribution in [-0.2, 0) is 39.0 Å². The minimum Gasteiger partial charge on any atom is -0.444 e. The number of fused-ring (bicyclic) bond motifs is 2. The van der Waals surface area contributed by atoms with E-state index in [1.165, 1.54) is 10.7 Å². The van der Waals surface area contributed by atoms with Crippen LogP contribution in [0.25, 0.3) is 16.7 Å². The molecule has 0 aliphatic carbocycles. The summed E-state index contributed by atoms with van der Waals surface area (Å²) in [6.45, 7) is 11.5. The predicted octanol–water partition coefficient (Wildman–Crippen LogP) is 3.78. The number of ether oxygens (including phenoxy) is 2. The van der Waals surface area contributed by atoms with E-state index >= 15 is 0 Å². The Morgan fingerprint density at radius 3 is 2.62 bits per heavy atom. The van der Waals surface area contributed by atoms with Gasteiger partial charge in [0.05, 0.1) is 28.2 Å². The van der Waals surface area contributed by atoms with Gasteiger partial charge in [0.1, 0.15) is 18.2 Å². The molecule has 0 aliphatic rings. The largest absolute Gasteiger partial charge is 0.444 e. The number of carbonyl (C=O) groups excluding carboxylic acids is 1. The number of benzene rings is 1. The molecule has 0 aliphatic heterocycles. The number of sulfone groups is 1. The lowest BCUT2D eigenvalue weighted by Gasteiger charge is -2.19. The van der Waals surface area contributed by atoms with Crippen LogP contribution in [0.2, 0.25) is 19.1 Å². The fraction of sp³-hybridized carbons (Fsp3) is 0.500. The number of hydrogen-bond acceptors (Lipinski definition) is 10. The number of aromatic nitrogens is 6. The third kappa shape index (κ3) is 8.05. The summed E-state index contributed by atoms with van der Waals surface area (Å²) in [7, 11) is -4.46. The molecule has 0 bridgehead atoms. The normalized spacial score (nSPS) is 12.4. The number of para-hydroxylation sites is 1. The number of anilines is 1. The molecular weight excluding hydrogens is 644 g/mol. The van der Waals surface area contributed by atoms with Gasteiger partial charge in [-0.05, 0) is 60.8 Å². The summed E-state index contributed by atoms with van der Waals surface area (Å²) < 4.78 is 40.0. The van der Waals surface area contributed by atoms with Crippen molar-refractivity contribution in [1.29, 1.82) is 0 Å². The van der Waals surface area contributed by atoms with E-state index in [1.807, 2.05) is 43.5 Å². The van der Waals surface area contributed by atoms with Crippen molar-refractivity contribution in [3.63, 3.8) is 0 Å². The lowest BCUT2D eigenvalue weighted by atomic mass is 10.1. The van der Waals surface area contributed by atoms with Crippen LogP contribution in [0.1, 0.15) is 32.2 Å². The smallest absolute Gasteiger partial charge is 0.407 e. The lowest BCUT2D eigenvalue weighted by molar-refractivity contribution is 0.0528. The average molecular weight is 682 g/mol. The molecule has 42 heavy (non-hydrogen) atoms. The van der Waals surface area contributed by atoms with Crippen LogP contribution < -0.4 is 10.6 Å². The van der Waals surface area contributed by atoms with E-state index < -0.39 is 30.3 Å². The Bertz CT molecular complexity index is 1680. The SMILES string of the molecule is C[SiH](C)CCOCn1c(CNc2nc(S(C)(=O)=O)nc3c(Br)cnn23)nc2cccc(CCNC(=O)OC(C)(C)C)c21. The molecule has 1 amide bonds. The van der Waals surface area contributed by atoms with Crippen LogP contribution in [0.15, 0.2) is 34.0 Å². The average Bonchev–Trinajstić information content (AvgIpc) is 3.44. The highest BCUT2D eigenvalue weighted by atomic mass is 79.9. The van der Waals surface area contributed by atoms with Gasteiger partial charge in [0.15, 0.2) is 5.65 Å². The molecule has 4 aromatic rings. The predicted molar refractivity (Wildman–Crippen MR) is 166 cm³/mol. The van der Waals surface area contributed by atoms with Crippen molar-refractivity contribution >= 4 is 63.3 Å². The summed E-state index contributed by atoms with van der Waals surface area (Å²) >= 11 is 3.37. The van der Waals surface area contributed by atoms with Gasteiger partial charge in [-0.25, -0.2) is 18.2 Å². The van der Waals surface area contributed by atoms with Crippen LogP contribution >= 0.6 is 15.9 Å². The van der Waals surface area contributed by atoms with E-state index in [9.17, 15) is 13.2 Å². The number of nitrogens with one attached hydrogen (secondary N) is 2. The zero-order chi connectivity index (χ0) is 30.7. The quantitative estimate of drug-likeness (QED) is 0.167. The van der Waals surface area contributed by atoms with Crippen molar-refractivity contribution in [3.8, 4) is 0 Å². The maximum Gasteiger partial charge on any atom is 0.407 e. The molecule has 0 radical (unpaired) electrons. The molecule has 16 heteroatoms. The van der Waals surface area contributed by atoms with Crippen molar-refractivity contribution in [3.05, 3.63) is 40.3 Å². The zero-order valence-corrected chi connectivity index (χ0v) is 28.2. The molecule has 4 rings (SSSR count). The van der Waals surface area contributed by atoms with Gasteiger partial charge in [-0.15, -0.1) is 0 Å². The van der Waals surface area contributed by atoms with Crippen LogP contribution in [0, 0.1) is 0 Å². The van der Waals surface area contributed by atoms with Gasteiger partial charge in [0, 0.05) is 28.2 Å². The van der Waals surface area contributed by atoms with E-state index in [0.717, 1.165) is 28.9 Å². The number of rotatable bonds is 12. The summed E-state index contributed by atoms with van der Waals surface area (Å²) in [5, 5.41) is 9.98. The first-order chi connectivity index (χ1) is 19.7. The van der Waals surface area contributed by atoms with Gasteiger partial charge in [-0.1, -0.05) is 25.2 Å². The Labute approximate surface area is 255 Å². The molecule has 0 fully saturated rings. The minimum atomic E-state index is -3.68. The van der Waals surface area contributed by atoms with Crippen molar-refractivity contribution in [2.45, 2.75) is 70.4 Å². The van der Waals surface area contributed by atoms with E-state index in [1.54, 1.807) is 0 Å². The highest BCUT2D eigenvalue weighted by Gasteiger charge is 2.20. The summed E-state index contributed by atoms with van der Waals surface area (Å²) in [6.07, 6.45) is 2.67. The number of nitrogens with zero attached hydrogens (tertiary/aromatic N) is 6. The molecule has 228 valence electrons. The second-order valence-corrected chi connectivity index (χ2v) is 17.5. The van der Waals surface area contributed by atoms with Crippen molar-refractivity contribution in [1.82, 2.24) is 34.4 Å². The molecule has 13 nitrogen and oxygen atoms in total. The molecule has 0 saturated heterocycles. The van der Waals surface area contributed by atoms with Gasteiger partial charge in [-0.2, -0.15) is 19.6 Å². The maximum atomic E-state index is 12.3. The Hall–Kier alpha value is -3.08. The number of hydrogen-bond donors (Lipinski definition) is 2. The molecule has 1 aromatic carbocycles. The van der Waals surface area contributed by atoms with Gasteiger partial charge in [0.2, 0.25) is 15.8 Å². The highest BCUT2D eigenvalue weighted by molar-refractivity contribution is 9.10. The van der Waals surface area contributed by atoms with Crippen molar-refractivity contribution in [2.24, 2.45) is 0 Å². The monoisotopic (exact) mass is 680 g/mol. The van der Waals surface area contributed by atoms with E-state index in [4.69, 9.17) is 14.5 Å². The van der Waals surface area contributed by atoms with Crippen LogP contribution in [0.5, 0.6) is 0 Å². The molecule has 0 unspecified atom stereocenters. The van der Waals surface area contributed by atoms with E-state index in [2.05, 4.69) is 54.7 Å². The number of amides is 1. The second-order valence-electron chi connectivity index (χ2n) is 11.3. The Morgan fingerprint density at radius 2 is 1.93 bits per heavy atom. The molecular formula is C26H37BrN8O5SSi. The summed E-state index contributed by atoms with van der Waals surface area (Å²) in [6, 6.07) is 6.91. The molecule has 3 heterocycles. The number of halogens is 1. The fourth-order valence-corrected chi connectivity index (χ4v) is 5.63. The highest BCUT2D eigenvalue weighted by Crippen LogP contribution is 2.24. The maximum absolute atomic E-state index is 12.3. The van der Waals surface area contributed by atoms with Gasteiger partial charge in [0.25, 0.3) is 5.16 Å². The first kappa shape index (κ1) is 31.8. The molecule has 2 N–H and O–H groups in total. The number of alkyl carbamates (subject to hydrolysis) is 1. The van der Waals surface area contributed by atoms with Gasteiger partial charge < -0.3 is 24.7 Å². The first-order valence-corrected chi connectivity index (χ1v) is 19.4. The second kappa shape index (κ2) is 13.1. The van der Waals surface area contributed by atoms with Crippen LogP contribution in [0.4, 0.5) is 10.7 Å². The van der Waals surface area contributed by atoms with Gasteiger partial charge in [-0.3, -0.25) is 0 Å². The molecule has 0 atom stereocenters. The van der Waals surface area contributed by atoms with E-state index in [-0.39, 0.29) is 24.4 Å². The third-order valence-corrected chi connectivity index (χ3v) is 8.89. The van der Waals surface area contributed by atoms with Crippen molar-refractivity contribution < 1.29 is 22.7 Å². The number of carbonyl (C=O) groups is 1. The minimum absolute atomic E-state index is 0.207. The number of imidazole rings is 1. The Balaban J connectivity index is 1.64. The fourth-order valence-electron chi connectivity index (χ4n) is 4.14. The summed E-state index contributed by atoms with van der Waals surface area (Å²) in [4.78, 5) is 25.4. The van der Waals surface area contributed by atoms with Crippen molar-refractivity contribution in [2.75, 3.05) is 24.7 Å². The molecule has 3 aromatic heterocycles. The van der Waals surface area contributed by atoms with Gasteiger partial charge >= 0.3 is 6.09 Å². The van der Waals surface area contributed by atoms with Crippen LogP contribution in [0.3, 0.4) is 0 Å². The topological polar surface area (TPSA) is 155 Å². The first-order valence-electron chi connectivity index (χ1n) is 13.6. The van der Waals surface area contributed by atoms with Crippen LogP contribution in [-0.4, -0.2) is 77.4 Å². The molecule has 0 saturated carbocycles. The Morgan fingerprint density at radius 1 is 1.17 bits per heavy atom. The zero-order valence-electron chi connectivity index (χ0n) is 24.6. The summed E-state index contributed by atoms with van der Waals surface area (Å²) in [5.41, 5.74) is 2.40. The Kier molecular flexibility index (Phi) is 9.90. The third-order valence-electron chi connectivity index (χ3n) is 6.09.